The summed E-state index contributed by atoms with van der Waals surface area (Å²) in [6.07, 6.45) is 5.17. The maximum absolute atomic E-state index is 8.93. The van der Waals surface area contributed by atoms with Gasteiger partial charge >= 0.3 is 0 Å². The number of nitrogens with one attached hydrogen (secondary N) is 1. The SMILES string of the molecule is CNC(C(N)CO)C1CCCC1. The lowest BCUT2D eigenvalue weighted by atomic mass is 9.93. The minimum atomic E-state index is -0.0990. The van der Waals surface area contributed by atoms with Gasteiger partial charge < -0.3 is 16.2 Å². The quantitative estimate of drug-likeness (QED) is 0.563. The number of likely N-dealkylation sites (N-methyl/N-ethyl adjacent to an activating group) is 1. The lowest BCUT2D eigenvalue weighted by Crippen LogP contribution is -2.49. The van der Waals surface area contributed by atoms with Crippen LogP contribution in [0.25, 0.3) is 0 Å². The van der Waals surface area contributed by atoms with Gasteiger partial charge in [-0.1, -0.05) is 12.8 Å². The Morgan fingerprint density at radius 1 is 1.50 bits per heavy atom. The van der Waals surface area contributed by atoms with Gasteiger partial charge in [0, 0.05) is 12.1 Å². The fourth-order valence-electron chi connectivity index (χ4n) is 2.23. The fraction of sp³-hybridized carbons (Fsp3) is 1.00. The maximum atomic E-state index is 8.93. The van der Waals surface area contributed by atoms with Crippen LogP contribution in [0.4, 0.5) is 0 Å². The summed E-state index contributed by atoms with van der Waals surface area (Å²) in [6.45, 7) is 0.0853. The predicted molar refractivity (Wildman–Crippen MR) is 49.9 cm³/mol. The number of hydrogen-bond acceptors (Lipinski definition) is 3. The molecule has 0 aromatic carbocycles. The van der Waals surface area contributed by atoms with Crippen LogP contribution in [0.15, 0.2) is 0 Å². The minimum absolute atomic E-state index is 0.0853. The summed E-state index contributed by atoms with van der Waals surface area (Å²) in [4.78, 5) is 0. The third kappa shape index (κ3) is 2.19. The highest BCUT2D eigenvalue weighted by Crippen LogP contribution is 2.28. The zero-order chi connectivity index (χ0) is 8.97. The Hall–Kier alpha value is -0.120. The molecule has 0 radical (unpaired) electrons. The van der Waals surface area contributed by atoms with E-state index in [1.165, 1.54) is 25.7 Å². The lowest BCUT2D eigenvalue weighted by molar-refractivity contribution is 0.211. The van der Waals surface area contributed by atoms with Crippen molar-refractivity contribution in [3.63, 3.8) is 0 Å². The second-order valence-electron chi connectivity index (χ2n) is 3.71. The molecule has 0 spiro atoms. The van der Waals surface area contributed by atoms with Crippen LogP contribution in [0.3, 0.4) is 0 Å². The molecule has 4 N–H and O–H groups in total. The number of rotatable bonds is 4. The molecule has 1 aliphatic rings. The Morgan fingerprint density at radius 2 is 2.08 bits per heavy atom. The third-order valence-corrected chi connectivity index (χ3v) is 2.91. The van der Waals surface area contributed by atoms with E-state index in [4.69, 9.17) is 10.8 Å². The molecule has 12 heavy (non-hydrogen) atoms. The molecule has 0 bridgehead atoms. The molecule has 0 heterocycles. The van der Waals surface area contributed by atoms with Gasteiger partial charge in [0.25, 0.3) is 0 Å². The molecular weight excluding hydrogens is 152 g/mol. The molecule has 0 aromatic heterocycles. The molecule has 0 aromatic rings. The zero-order valence-electron chi connectivity index (χ0n) is 7.79. The highest BCUT2D eigenvalue weighted by Gasteiger charge is 2.27. The zero-order valence-corrected chi connectivity index (χ0v) is 7.79. The van der Waals surface area contributed by atoms with E-state index in [0.29, 0.717) is 12.0 Å². The standard InChI is InChI=1S/C9H20N2O/c1-11-9(8(10)6-12)7-4-2-3-5-7/h7-9,11-12H,2-6,10H2,1H3. The topological polar surface area (TPSA) is 58.3 Å². The molecule has 1 rings (SSSR count). The summed E-state index contributed by atoms with van der Waals surface area (Å²) in [5.74, 6) is 0.678. The summed E-state index contributed by atoms with van der Waals surface area (Å²) in [5.41, 5.74) is 5.80. The Balaban J connectivity index is 2.42. The predicted octanol–water partition coefficient (Wildman–Crippen LogP) is 0.0842. The van der Waals surface area contributed by atoms with Crippen molar-refractivity contribution in [2.45, 2.75) is 37.8 Å². The molecule has 1 fully saturated rings. The lowest BCUT2D eigenvalue weighted by Gasteiger charge is -2.27. The van der Waals surface area contributed by atoms with Crippen molar-refractivity contribution in [2.24, 2.45) is 11.7 Å². The maximum Gasteiger partial charge on any atom is 0.0597 e. The van der Waals surface area contributed by atoms with E-state index in [0.717, 1.165) is 0 Å². The van der Waals surface area contributed by atoms with Crippen molar-refractivity contribution >= 4 is 0 Å². The first-order valence-electron chi connectivity index (χ1n) is 4.83. The second kappa shape index (κ2) is 4.80. The molecular formula is C9H20N2O. The van der Waals surface area contributed by atoms with Gasteiger partial charge in [-0.05, 0) is 25.8 Å². The summed E-state index contributed by atoms with van der Waals surface area (Å²) >= 11 is 0. The van der Waals surface area contributed by atoms with Crippen LogP contribution in [0.5, 0.6) is 0 Å². The van der Waals surface area contributed by atoms with E-state index in [9.17, 15) is 0 Å². The van der Waals surface area contributed by atoms with Gasteiger partial charge in [0.1, 0.15) is 0 Å². The normalized spacial score (nSPS) is 24.2. The van der Waals surface area contributed by atoms with E-state index in [1.807, 2.05) is 7.05 Å². The summed E-state index contributed by atoms with van der Waals surface area (Å²) in [7, 11) is 1.93. The van der Waals surface area contributed by atoms with Crippen molar-refractivity contribution < 1.29 is 5.11 Å². The van der Waals surface area contributed by atoms with Gasteiger partial charge in [-0.3, -0.25) is 0 Å². The van der Waals surface area contributed by atoms with E-state index in [2.05, 4.69) is 5.32 Å². The smallest absolute Gasteiger partial charge is 0.0597 e. The molecule has 1 saturated carbocycles. The molecule has 0 amide bonds. The van der Waals surface area contributed by atoms with Crippen LogP contribution < -0.4 is 11.1 Å². The van der Waals surface area contributed by atoms with Gasteiger partial charge in [-0.2, -0.15) is 0 Å². The molecule has 2 unspecified atom stereocenters. The second-order valence-corrected chi connectivity index (χ2v) is 3.71. The highest BCUT2D eigenvalue weighted by atomic mass is 16.3. The summed E-state index contributed by atoms with van der Waals surface area (Å²) in [5, 5.41) is 12.1. The number of aliphatic hydroxyl groups is 1. The van der Waals surface area contributed by atoms with E-state index in [-0.39, 0.29) is 12.6 Å². The fourth-order valence-corrected chi connectivity index (χ4v) is 2.23. The van der Waals surface area contributed by atoms with Gasteiger partial charge in [-0.15, -0.1) is 0 Å². The Labute approximate surface area is 74.3 Å². The van der Waals surface area contributed by atoms with E-state index < -0.39 is 0 Å². The molecule has 0 saturated heterocycles. The molecule has 3 heteroatoms. The Bertz CT molecular complexity index is 124. The van der Waals surface area contributed by atoms with Crippen LogP contribution >= 0.6 is 0 Å². The minimum Gasteiger partial charge on any atom is -0.395 e. The first-order valence-corrected chi connectivity index (χ1v) is 4.83. The van der Waals surface area contributed by atoms with Crippen LogP contribution in [0, 0.1) is 5.92 Å². The average molecular weight is 172 g/mol. The molecule has 3 nitrogen and oxygen atoms in total. The average Bonchev–Trinajstić information content (AvgIpc) is 2.58. The van der Waals surface area contributed by atoms with Crippen LogP contribution in [-0.4, -0.2) is 30.8 Å². The molecule has 72 valence electrons. The van der Waals surface area contributed by atoms with Gasteiger partial charge in [0.2, 0.25) is 0 Å². The monoisotopic (exact) mass is 172 g/mol. The number of aliphatic hydroxyl groups excluding tert-OH is 1. The highest BCUT2D eigenvalue weighted by molar-refractivity contribution is 4.86. The molecule has 1 aliphatic carbocycles. The first kappa shape index (κ1) is 9.96. The summed E-state index contributed by atoms with van der Waals surface area (Å²) in [6, 6.07) is 0.204. The van der Waals surface area contributed by atoms with Crippen molar-refractivity contribution in [2.75, 3.05) is 13.7 Å². The van der Waals surface area contributed by atoms with Gasteiger partial charge in [-0.25, -0.2) is 0 Å². The van der Waals surface area contributed by atoms with Crippen molar-refractivity contribution in [3.05, 3.63) is 0 Å². The van der Waals surface area contributed by atoms with Crippen LogP contribution in [-0.2, 0) is 0 Å². The molecule has 0 aliphatic heterocycles. The van der Waals surface area contributed by atoms with Crippen LogP contribution in [0.1, 0.15) is 25.7 Å². The largest absolute Gasteiger partial charge is 0.395 e. The van der Waals surface area contributed by atoms with Crippen molar-refractivity contribution in [1.29, 1.82) is 0 Å². The Morgan fingerprint density at radius 3 is 2.50 bits per heavy atom. The third-order valence-electron chi connectivity index (χ3n) is 2.91. The van der Waals surface area contributed by atoms with E-state index in [1.54, 1.807) is 0 Å². The van der Waals surface area contributed by atoms with Gasteiger partial charge in [0.05, 0.1) is 6.61 Å². The number of nitrogens with two attached hydrogens (primary N) is 1. The summed E-state index contributed by atoms with van der Waals surface area (Å²) < 4.78 is 0. The van der Waals surface area contributed by atoms with E-state index >= 15 is 0 Å². The van der Waals surface area contributed by atoms with Crippen LogP contribution in [0.2, 0.25) is 0 Å². The molecule has 2 atom stereocenters. The van der Waals surface area contributed by atoms with Crippen molar-refractivity contribution in [1.82, 2.24) is 5.32 Å². The van der Waals surface area contributed by atoms with Gasteiger partial charge in [0.15, 0.2) is 0 Å². The number of hydrogen-bond donors (Lipinski definition) is 3. The first-order chi connectivity index (χ1) is 5.79. The Kier molecular flexibility index (Phi) is 3.98. The van der Waals surface area contributed by atoms with Crippen molar-refractivity contribution in [3.8, 4) is 0 Å².